The van der Waals surface area contributed by atoms with E-state index in [1.165, 1.54) is 11.8 Å². The number of halogens is 1. The van der Waals surface area contributed by atoms with Gasteiger partial charge in [0.1, 0.15) is 12.3 Å². The number of nitrogens with zero attached hydrogens (tertiary/aromatic N) is 1. The molecular formula is C18H19ClN2O3. The van der Waals surface area contributed by atoms with Crippen molar-refractivity contribution in [2.24, 2.45) is 0 Å². The average Bonchev–Trinajstić information content (AvgIpc) is 2.57. The molecule has 6 heteroatoms. The number of amides is 2. The zero-order valence-electron chi connectivity index (χ0n) is 13.6. The Morgan fingerprint density at radius 2 is 1.79 bits per heavy atom. The second-order valence-electron chi connectivity index (χ2n) is 5.25. The normalized spacial score (nSPS) is 10.1. The van der Waals surface area contributed by atoms with Crippen LogP contribution in [0.4, 0.5) is 5.69 Å². The molecule has 0 bridgehead atoms. The van der Waals surface area contributed by atoms with E-state index in [2.05, 4.69) is 5.32 Å². The highest BCUT2D eigenvalue weighted by atomic mass is 35.5. The van der Waals surface area contributed by atoms with Crippen molar-refractivity contribution in [1.82, 2.24) is 4.90 Å². The van der Waals surface area contributed by atoms with Crippen LogP contribution in [0.25, 0.3) is 0 Å². The lowest BCUT2D eigenvalue weighted by molar-refractivity contribution is -0.133. The maximum atomic E-state index is 12.2. The largest absolute Gasteiger partial charge is 0.497 e. The van der Waals surface area contributed by atoms with Crippen molar-refractivity contribution in [3.63, 3.8) is 0 Å². The Morgan fingerprint density at radius 1 is 1.12 bits per heavy atom. The number of hydrogen-bond donors (Lipinski definition) is 1. The van der Waals surface area contributed by atoms with Gasteiger partial charge >= 0.3 is 0 Å². The van der Waals surface area contributed by atoms with Crippen LogP contribution in [0.15, 0.2) is 48.5 Å². The van der Waals surface area contributed by atoms with Gasteiger partial charge in [-0.3, -0.25) is 9.59 Å². The van der Waals surface area contributed by atoms with Gasteiger partial charge in [-0.2, -0.15) is 0 Å². The lowest BCUT2D eigenvalue weighted by Gasteiger charge is -2.21. The summed E-state index contributed by atoms with van der Waals surface area (Å²) in [4.78, 5) is 25.5. The predicted octanol–water partition coefficient (Wildman–Crippen LogP) is 3.34. The Kier molecular flexibility index (Phi) is 6.21. The van der Waals surface area contributed by atoms with Gasteiger partial charge in [0.25, 0.3) is 0 Å². The maximum Gasteiger partial charge on any atom is 0.244 e. The molecule has 2 aromatic rings. The number of carbonyl (C=O) groups is 2. The molecule has 2 rings (SSSR count). The van der Waals surface area contributed by atoms with Crippen molar-refractivity contribution in [2.45, 2.75) is 13.5 Å². The molecule has 0 saturated carbocycles. The molecule has 0 unspecified atom stereocenters. The maximum absolute atomic E-state index is 12.2. The Morgan fingerprint density at radius 3 is 2.38 bits per heavy atom. The van der Waals surface area contributed by atoms with Crippen LogP contribution in [-0.4, -0.2) is 30.4 Å². The highest BCUT2D eigenvalue weighted by Crippen LogP contribution is 2.20. The molecule has 126 valence electrons. The summed E-state index contributed by atoms with van der Waals surface area (Å²) in [5.41, 5.74) is 1.44. The molecule has 0 aliphatic carbocycles. The molecule has 0 aliphatic heterocycles. The van der Waals surface area contributed by atoms with E-state index in [9.17, 15) is 9.59 Å². The van der Waals surface area contributed by atoms with E-state index in [-0.39, 0.29) is 18.4 Å². The van der Waals surface area contributed by atoms with Gasteiger partial charge < -0.3 is 15.0 Å². The smallest absolute Gasteiger partial charge is 0.244 e. The minimum absolute atomic E-state index is 0.0490. The van der Waals surface area contributed by atoms with Crippen LogP contribution in [0.3, 0.4) is 0 Å². The monoisotopic (exact) mass is 346 g/mol. The van der Waals surface area contributed by atoms with Crippen molar-refractivity contribution in [3.05, 3.63) is 59.1 Å². The first kappa shape index (κ1) is 17.8. The van der Waals surface area contributed by atoms with E-state index in [1.807, 2.05) is 24.3 Å². The van der Waals surface area contributed by atoms with Crippen molar-refractivity contribution < 1.29 is 14.3 Å². The number of hydrogen-bond acceptors (Lipinski definition) is 3. The standard InChI is InChI=1S/C18H19ClN2O3/c1-13(22)21(11-14-7-9-15(24-2)10-8-14)12-18(23)20-17-6-4-3-5-16(17)19/h3-10H,11-12H2,1-2H3,(H,20,23). The summed E-state index contributed by atoms with van der Waals surface area (Å²) in [6.07, 6.45) is 0. The zero-order chi connectivity index (χ0) is 17.5. The third-order valence-corrected chi connectivity index (χ3v) is 3.79. The molecule has 24 heavy (non-hydrogen) atoms. The van der Waals surface area contributed by atoms with Gasteiger partial charge in [-0.15, -0.1) is 0 Å². The number of para-hydroxylation sites is 1. The summed E-state index contributed by atoms with van der Waals surface area (Å²) in [6, 6.07) is 14.3. The van der Waals surface area contributed by atoms with Gasteiger partial charge in [0.05, 0.1) is 17.8 Å². The lowest BCUT2D eigenvalue weighted by Crippen LogP contribution is -2.36. The molecule has 0 radical (unpaired) electrons. The van der Waals surface area contributed by atoms with Gasteiger partial charge in [-0.25, -0.2) is 0 Å². The number of benzene rings is 2. The summed E-state index contributed by atoms with van der Waals surface area (Å²) in [5, 5.41) is 3.17. The van der Waals surface area contributed by atoms with E-state index >= 15 is 0 Å². The summed E-state index contributed by atoms with van der Waals surface area (Å²) < 4.78 is 5.11. The highest BCUT2D eigenvalue weighted by Gasteiger charge is 2.15. The van der Waals surface area contributed by atoms with Crippen molar-refractivity contribution >= 4 is 29.1 Å². The first-order chi connectivity index (χ1) is 11.5. The topological polar surface area (TPSA) is 58.6 Å². The van der Waals surface area contributed by atoms with Gasteiger partial charge in [-0.1, -0.05) is 35.9 Å². The Hall–Kier alpha value is -2.53. The summed E-state index contributed by atoms with van der Waals surface area (Å²) in [6.45, 7) is 1.73. The molecule has 5 nitrogen and oxygen atoms in total. The molecule has 1 N–H and O–H groups in total. The molecule has 2 aromatic carbocycles. The number of carbonyl (C=O) groups excluding carboxylic acids is 2. The average molecular weight is 347 g/mol. The van der Waals surface area contributed by atoms with Gasteiger partial charge in [0.2, 0.25) is 11.8 Å². The van der Waals surface area contributed by atoms with E-state index < -0.39 is 0 Å². The van der Waals surface area contributed by atoms with E-state index in [1.54, 1.807) is 31.4 Å². The molecule has 0 fully saturated rings. The first-order valence-corrected chi connectivity index (χ1v) is 7.80. The van der Waals surface area contributed by atoms with Crippen LogP contribution >= 0.6 is 11.6 Å². The van der Waals surface area contributed by atoms with Crippen molar-refractivity contribution in [3.8, 4) is 5.75 Å². The molecule has 2 amide bonds. The van der Waals surface area contributed by atoms with Crippen molar-refractivity contribution in [1.29, 1.82) is 0 Å². The Labute approximate surface area is 146 Å². The Balaban J connectivity index is 2.01. The summed E-state index contributed by atoms with van der Waals surface area (Å²) >= 11 is 6.02. The number of anilines is 1. The third-order valence-electron chi connectivity index (χ3n) is 3.46. The second kappa shape index (κ2) is 8.36. The van der Waals surface area contributed by atoms with Crippen LogP contribution in [0.1, 0.15) is 12.5 Å². The Bertz CT molecular complexity index is 716. The van der Waals surface area contributed by atoms with Gasteiger partial charge in [0.15, 0.2) is 0 Å². The fourth-order valence-corrected chi connectivity index (χ4v) is 2.34. The molecule has 0 aliphatic rings. The number of ether oxygens (including phenoxy) is 1. The fraction of sp³-hybridized carbons (Fsp3) is 0.222. The molecule has 0 aromatic heterocycles. The lowest BCUT2D eigenvalue weighted by atomic mass is 10.2. The minimum Gasteiger partial charge on any atom is -0.497 e. The summed E-state index contributed by atoms with van der Waals surface area (Å²) in [5.74, 6) is 0.261. The van der Waals surface area contributed by atoms with E-state index in [0.29, 0.717) is 17.3 Å². The van der Waals surface area contributed by atoms with E-state index in [4.69, 9.17) is 16.3 Å². The zero-order valence-corrected chi connectivity index (χ0v) is 14.3. The van der Waals surface area contributed by atoms with Crippen LogP contribution in [-0.2, 0) is 16.1 Å². The summed E-state index contributed by atoms with van der Waals surface area (Å²) in [7, 11) is 1.59. The van der Waals surface area contributed by atoms with E-state index in [0.717, 1.165) is 11.3 Å². The number of rotatable bonds is 6. The predicted molar refractivity (Wildman–Crippen MR) is 94.2 cm³/mol. The van der Waals surface area contributed by atoms with Crippen molar-refractivity contribution in [2.75, 3.05) is 19.0 Å². The number of nitrogens with one attached hydrogen (secondary N) is 1. The second-order valence-corrected chi connectivity index (χ2v) is 5.66. The van der Waals surface area contributed by atoms with Crippen LogP contribution in [0.5, 0.6) is 5.75 Å². The number of methoxy groups -OCH3 is 1. The molecule has 0 heterocycles. The molecule has 0 saturated heterocycles. The minimum atomic E-state index is -0.299. The molecule has 0 spiro atoms. The highest BCUT2D eigenvalue weighted by molar-refractivity contribution is 6.33. The van der Waals surface area contributed by atoms with Crippen LogP contribution in [0.2, 0.25) is 5.02 Å². The van der Waals surface area contributed by atoms with Crippen LogP contribution in [0, 0.1) is 0 Å². The van der Waals surface area contributed by atoms with Gasteiger partial charge in [-0.05, 0) is 29.8 Å². The van der Waals surface area contributed by atoms with Crippen LogP contribution < -0.4 is 10.1 Å². The molecular weight excluding hydrogens is 328 g/mol. The quantitative estimate of drug-likeness (QED) is 0.872. The third kappa shape index (κ3) is 4.99. The van der Waals surface area contributed by atoms with Gasteiger partial charge in [0, 0.05) is 13.5 Å². The SMILES string of the molecule is COc1ccc(CN(CC(=O)Nc2ccccc2Cl)C(C)=O)cc1. The first-order valence-electron chi connectivity index (χ1n) is 7.42. The molecule has 0 atom stereocenters. The fourth-order valence-electron chi connectivity index (χ4n) is 2.16.